The van der Waals surface area contributed by atoms with Crippen molar-refractivity contribution in [2.75, 3.05) is 11.1 Å². The fraction of sp³-hybridized carbons (Fsp3) is 0.533. The number of amides is 1. The summed E-state index contributed by atoms with van der Waals surface area (Å²) in [4.78, 5) is 11.2. The minimum absolute atomic E-state index is 0.122. The topological polar surface area (TPSA) is 81.1 Å². The van der Waals surface area contributed by atoms with Gasteiger partial charge in [0, 0.05) is 11.1 Å². The molecular formula is C15H25N3O. The van der Waals surface area contributed by atoms with E-state index in [9.17, 15) is 4.79 Å². The zero-order chi connectivity index (χ0) is 14.8. The van der Waals surface area contributed by atoms with E-state index in [1.54, 1.807) is 18.2 Å². The van der Waals surface area contributed by atoms with Crippen molar-refractivity contribution in [1.82, 2.24) is 0 Å². The van der Waals surface area contributed by atoms with Crippen LogP contribution in [0.2, 0.25) is 0 Å². The summed E-state index contributed by atoms with van der Waals surface area (Å²) in [5.41, 5.74) is 13.1. The molecule has 0 saturated carbocycles. The van der Waals surface area contributed by atoms with Gasteiger partial charge >= 0.3 is 0 Å². The van der Waals surface area contributed by atoms with Crippen molar-refractivity contribution >= 4 is 17.3 Å². The van der Waals surface area contributed by atoms with E-state index < -0.39 is 5.91 Å². The van der Waals surface area contributed by atoms with Crippen molar-refractivity contribution in [3.05, 3.63) is 23.8 Å². The molecule has 1 rings (SSSR count). The van der Waals surface area contributed by atoms with Crippen molar-refractivity contribution in [1.29, 1.82) is 0 Å². The summed E-state index contributed by atoms with van der Waals surface area (Å²) in [6.45, 7) is 10.8. The van der Waals surface area contributed by atoms with E-state index in [1.807, 2.05) is 0 Å². The first-order valence-corrected chi connectivity index (χ1v) is 6.48. The van der Waals surface area contributed by atoms with E-state index in [-0.39, 0.29) is 11.0 Å². The molecule has 5 N–H and O–H groups in total. The van der Waals surface area contributed by atoms with Gasteiger partial charge in [0.2, 0.25) is 5.91 Å². The number of primary amides is 1. The minimum Gasteiger partial charge on any atom is -0.397 e. The molecule has 0 bridgehead atoms. The van der Waals surface area contributed by atoms with E-state index in [1.165, 1.54) is 0 Å². The number of anilines is 2. The van der Waals surface area contributed by atoms with Crippen molar-refractivity contribution in [3.63, 3.8) is 0 Å². The minimum atomic E-state index is -0.448. The first kappa shape index (κ1) is 15.3. The van der Waals surface area contributed by atoms with Crippen LogP contribution in [0.3, 0.4) is 0 Å². The SMILES string of the molecule is CC(C)(C)CC(C)(C)Nc1cc(C(N)=O)ccc1N. The standard InChI is InChI=1S/C15H25N3O/c1-14(2,3)9-15(4,5)18-12-8-10(13(17)19)6-7-11(12)16/h6-8,18H,9,16H2,1-5H3,(H2,17,19). The largest absolute Gasteiger partial charge is 0.397 e. The number of hydrogen-bond acceptors (Lipinski definition) is 3. The quantitative estimate of drug-likeness (QED) is 0.730. The summed E-state index contributed by atoms with van der Waals surface area (Å²) in [6.07, 6.45) is 0.972. The Morgan fingerprint density at radius 2 is 1.79 bits per heavy atom. The maximum Gasteiger partial charge on any atom is 0.248 e. The van der Waals surface area contributed by atoms with Crippen molar-refractivity contribution in [2.24, 2.45) is 11.1 Å². The summed E-state index contributed by atoms with van der Waals surface area (Å²) >= 11 is 0. The molecule has 19 heavy (non-hydrogen) atoms. The molecule has 0 aliphatic carbocycles. The predicted molar refractivity (Wildman–Crippen MR) is 81.1 cm³/mol. The molecule has 0 radical (unpaired) electrons. The third-order valence-corrected chi connectivity index (χ3v) is 2.78. The molecule has 0 unspecified atom stereocenters. The van der Waals surface area contributed by atoms with E-state index >= 15 is 0 Å². The fourth-order valence-electron chi connectivity index (χ4n) is 2.55. The van der Waals surface area contributed by atoms with Gasteiger partial charge in [-0.25, -0.2) is 0 Å². The summed E-state index contributed by atoms with van der Waals surface area (Å²) in [5, 5.41) is 3.41. The molecule has 0 aromatic heterocycles. The van der Waals surface area contributed by atoms with Gasteiger partial charge < -0.3 is 16.8 Å². The Morgan fingerprint density at radius 1 is 1.21 bits per heavy atom. The number of rotatable bonds is 4. The maximum absolute atomic E-state index is 11.2. The summed E-state index contributed by atoms with van der Waals surface area (Å²) in [6, 6.07) is 5.05. The molecule has 1 amide bonds. The molecule has 0 atom stereocenters. The third-order valence-electron chi connectivity index (χ3n) is 2.78. The number of nitrogen functional groups attached to an aromatic ring is 1. The summed E-state index contributed by atoms with van der Waals surface area (Å²) in [7, 11) is 0. The molecule has 0 saturated heterocycles. The molecule has 0 heterocycles. The van der Waals surface area contributed by atoms with Gasteiger partial charge in [-0.05, 0) is 43.9 Å². The van der Waals surface area contributed by atoms with Gasteiger partial charge in [0.15, 0.2) is 0 Å². The zero-order valence-corrected chi connectivity index (χ0v) is 12.5. The number of nitrogens with one attached hydrogen (secondary N) is 1. The molecule has 0 aliphatic rings. The Balaban J connectivity index is 2.98. The van der Waals surface area contributed by atoms with Crippen LogP contribution in [0.5, 0.6) is 0 Å². The molecule has 4 heteroatoms. The van der Waals surface area contributed by atoms with Gasteiger partial charge in [-0.15, -0.1) is 0 Å². The van der Waals surface area contributed by atoms with E-state index in [4.69, 9.17) is 11.5 Å². The smallest absolute Gasteiger partial charge is 0.248 e. The fourth-order valence-corrected chi connectivity index (χ4v) is 2.55. The second-order valence-corrected chi connectivity index (χ2v) is 6.91. The Bertz CT molecular complexity index is 473. The third kappa shape index (κ3) is 4.81. The molecule has 106 valence electrons. The van der Waals surface area contributed by atoms with Crippen LogP contribution in [0.4, 0.5) is 11.4 Å². The Kier molecular flexibility index (Phi) is 4.13. The Morgan fingerprint density at radius 3 is 2.26 bits per heavy atom. The summed E-state index contributed by atoms with van der Waals surface area (Å²) in [5.74, 6) is -0.448. The summed E-state index contributed by atoms with van der Waals surface area (Å²) < 4.78 is 0. The van der Waals surface area contributed by atoms with Crippen LogP contribution in [0.1, 0.15) is 51.4 Å². The molecular weight excluding hydrogens is 238 g/mol. The molecule has 0 spiro atoms. The van der Waals surface area contributed by atoms with E-state index in [0.717, 1.165) is 12.1 Å². The Hall–Kier alpha value is -1.71. The molecule has 0 fully saturated rings. The molecule has 1 aromatic carbocycles. The van der Waals surface area contributed by atoms with Crippen LogP contribution in [-0.4, -0.2) is 11.4 Å². The monoisotopic (exact) mass is 263 g/mol. The van der Waals surface area contributed by atoms with Crippen LogP contribution in [0, 0.1) is 5.41 Å². The highest BCUT2D eigenvalue weighted by Gasteiger charge is 2.25. The normalized spacial score (nSPS) is 12.3. The average molecular weight is 263 g/mol. The van der Waals surface area contributed by atoms with Crippen LogP contribution < -0.4 is 16.8 Å². The van der Waals surface area contributed by atoms with Gasteiger partial charge in [-0.2, -0.15) is 0 Å². The molecule has 4 nitrogen and oxygen atoms in total. The van der Waals surface area contributed by atoms with E-state index in [2.05, 4.69) is 39.9 Å². The number of hydrogen-bond donors (Lipinski definition) is 3. The lowest BCUT2D eigenvalue weighted by atomic mass is 9.81. The molecule has 0 aliphatic heterocycles. The number of carbonyl (C=O) groups excluding carboxylic acids is 1. The highest BCUT2D eigenvalue weighted by atomic mass is 16.1. The van der Waals surface area contributed by atoms with Crippen LogP contribution in [-0.2, 0) is 0 Å². The first-order valence-electron chi connectivity index (χ1n) is 6.48. The van der Waals surface area contributed by atoms with Gasteiger partial charge in [0.05, 0.1) is 11.4 Å². The van der Waals surface area contributed by atoms with Crippen LogP contribution >= 0.6 is 0 Å². The molecule has 1 aromatic rings. The van der Waals surface area contributed by atoms with Gasteiger partial charge in [-0.1, -0.05) is 20.8 Å². The van der Waals surface area contributed by atoms with Gasteiger partial charge in [-0.3, -0.25) is 4.79 Å². The number of benzene rings is 1. The maximum atomic E-state index is 11.2. The highest BCUT2D eigenvalue weighted by Crippen LogP contribution is 2.31. The van der Waals surface area contributed by atoms with Crippen LogP contribution in [0.25, 0.3) is 0 Å². The van der Waals surface area contributed by atoms with Gasteiger partial charge in [0.1, 0.15) is 0 Å². The second kappa shape index (κ2) is 5.11. The number of carbonyl (C=O) groups is 1. The van der Waals surface area contributed by atoms with Crippen molar-refractivity contribution in [3.8, 4) is 0 Å². The lowest BCUT2D eigenvalue weighted by molar-refractivity contribution is 0.100. The van der Waals surface area contributed by atoms with E-state index in [0.29, 0.717) is 11.3 Å². The zero-order valence-electron chi connectivity index (χ0n) is 12.5. The lowest BCUT2D eigenvalue weighted by Crippen LogP contribution is -2.35. The van der Waals surface area contributed by atoms with Crippen molar-refractivity contribution < 1.29 is 4.79 Å². The predicted octanol–water partition coefficient (Wildman–Crippen LogP) is 2.99. The average Bonchev–Trinajstić information content (AvgIpc) is 2.16. The second-order valence-electron chi connectivity index (χ2n) is 6.91. The number of nitrogens with two attached hydrogens (primary N) is 2. The van der Waals surface area contributed by atoms with Crippen LogP contribution in [0.15, 0.2) is 18.2 Å². The first-order chi connectivity index (χ1) is 8.50. The highest BCUT2D eigenvalue weighted by molar-refractivity contribution is 5.95. The lowest BCUT2D eigenvalue weighted by Gasteiger charge is -2.34. The van der Waals surface area contributed by atoms with Gasteiger partial charge in [0.25, 0.3) is 0 Å². The van der Waals surface area contributed by atoms with Crippen molar-refractivity contribution in [2.45, 2.75) is 46.6 Å². The Labute approximate surface area is 115 Å².